The Balaban J connectivity index is 1.31. The summed E-state index contributed by atoms with van der Waals surface area (Å²) in [6.07, 6.45) is 0. The lowest BCUT2D eigenvalue weighted by molar-refractivity contribution is 1.06. The van der Waals surface area contributed by atoms with Gasteiger partial charge in [0.25, 0.3) is 0 Å². The second-order valence-corrected chi connectivity index (χ2v) is 14.1. The van der Waals surface area contributed by atoms with Crippen molar-refractivity contribution in [2.24, 2.45) is 0 Å². The molecule has 0 unspecified atom stereocenters. The monoisotopic (exact) mass is 706 g/mol. The standard InChI is InChI=1S/C47H26N6S/c1-49-33-21-24-40-37(27-33)36-25-29(28-48)19-22-39(36)53(40)41-23-20-32(34-16-10-18-43-44(34)35-15-8-9-17-42(35)54-43)26-38(41)47-51-45(30-11-4-2-5-12-30)50-46(52-47)31-13-6-3-7-14-31/h2-27H. The molecular weight excluding hydrogens is 681 g/mol. The van der Waals surface area contributed by atoms with Gasteiger partial charge in [-0.25, -0.2) is 19.8 Å². The van der Waals surface area contributed by atoms with Crippen LogP contribution in [0.1, 0.15) is 5.56 Å². The summed E-state index contributed by atoms with van der Waals surface area (Å²) in [4.78, 5) is 19.1. The van der Waals surface area contributed by atoms with Crippen molar-refractivity contribution in [2.75, 3.05) is 0 Å². The van der Waals surface area contributed by atoms with Crippen LogP contribution < -0.4 is 0 Å². The van der Waals surface area contributed by atoms with E-state index in [-0.39, 0.29) is 0 Å². The fourth-order valence-corrected chi connectivity index (χ4v) is 8.56. The Bertz CT molecular complexity index is 3060. The molecule has 0 N–H and O–H groups in total. The van der Waals surface area contributed by atoms with E-state index >= 15 is 0 Å². The molecule has 7 heteroatoms. The SMILES string of the molecule is [C-]#[N+]c1ccc2c(c1)c1cc(C#N)ccc1n2-c1ccc(-c2cccc3sc4ccccc4c23)cc1-c1nc(-c2ccccc2)nc(-c2ccccc2)n1. The van der Waals surface area contributed by atoms with Crippen LogP contribution in [0.2, 0.25) is 0 Å². The summed E-state index contributed by atoms with van der Waals surface area (Å²) >= 11 is 1.80. The third-order valence-electron chi connectivity index (χ3n) is 9.90. The van der Waals surface area contributed by atoms with Gasteiger partial charge in [-0.2, -0.15) is 5.26 Å². The van der Waals surface area contributed by atoms with Crippen molar-refractivity contribution in [3.8, 4) is 57.0 Å². The molecule has 10 aromatic rings. The van der Waals surface area contributed by atoms with Gasteiger partial charge in [-0.05, 0) is 71.1 Å². The lowest BCUT2D eigenvalue weighted by atomic mass is 9.96. The second-order valence-electron chi connectivity index (χ2n) is 13.0. The summed E-state index contributed by atoms with van der Waals surface area (Å²) in [5.74, 6) is 1.68. The number of aromatic nitrogens is 4. The topological polar surface area (TPSA) is 71.8 Å². The fourth-order valence-electron chi connectivity index (χ4n) is 7.43. The van der Waals surface area contributed by atoms with Crippen LogP contribution >= 0.6 is 11.3 Å². The summed E-state index contributed by atoms with van der Waals surface area (Å²) in [6.45, 7) is 7.75. The number of hydrogen-bond acceptors (Lipinski definition) is 5. The van der Waals surface area contributed by atoms with Crippen LogP contribution in [-0.2, 0) is 0 Å². The van der Waals surface area contributed by atoms with E-state index in [0.717, 1.165) is 55.3 Å². The number of fused-ring (bicyclic) bond motifs is 6. The molecule has 0 spiro atoms. The summed E-state index contributed by atoms with van der Waals surface area (Å²) in [5, 5.41) is 14.1. The van der Waals surface area contributed by atoms with E-state index in [4.69, 9.17) is 21.5 Å². The highest BCUT2D eigenvalue weighted by Gasteiger charge is 2.22. The maximum atomic E-state index is 9.86. The van der Waals surface area contributed by atoms with Crippen molar-refractivity contribution in [1.82, 2.24) is 19.5 Å². The van der Waals surface area contributed by atoms with Crippen LogP contribution in [0.3, 0.4) is 0 Å². The highest BCUT2D eigenvalue weighted by molar-refractivity contribution is 7.25. The molecule has 0 aliphatic rings. The minimum atomic E-state index is 0.531. The molecule has 54 heavy (non-hydrogen) atoms. The van der Waals surface area contributed by atoms with Gasteiger partial charge in [-0.15, -0.1) is 11.3 Å². The molecule has 0 radical (unpaired) electrons. The maximum absolute atomic E-state index is 9.86. The average molecular weight is 707 g/mol. The molecule has 3 heterocycles. The van der Waals surface area contributed by atoms with E-state index < -0.39 is 0 Å². The smallest absolute Gasteiger partial charge is 0.188 e. The lowest BCUT2D eigenvalue weighted by Gasteiger charge is -2.17. The van der Waals surface area contributed by atoms with Crippen molar-refractivity contribution >= 4 is 59.0 Å². The number of thiophene rings is 1. The van der Waals surface area contributed by atoms with E-state index in [9.17, 15) is 5.26 Å². The number of nitrogens with zero attached hydrogens (tertiary/aromatic N) is 6. The molecule has 0 saturated carbocycles. The Kier molecular flexibility index (Phi) is 7.33. The Morgan fingerprint density at radius 1 is 0.537 bits per heavy atom. The van der Waals surface area contributed by atoms with Crippen LogP contribution in [0, 0.1) is 17.9 Å². The van der Waals surface area contributed by atoms with Gasteiger partial charge in [-0.1, -0.05) is 103 Å². The molecule has 250 valence electrons. The summed E-state index contributed by atoms with van der Waals surface area (Å²) in [6, 6.07) is 55.3. The van der Waals surface area contributed by atoms with Crippen molar-refractivity contribution in [2.45, 2.75) is 0 Å². The quantitative estimate of drug-likeness (QED) is 0.167. The van der Waals surface area contributed by atoms with Gasteiger partial charge in [0.1, 0.15) is 0 Å². The second kappa shape index (κ2) is 12.6. The Morgan fingerprint density at radius 3 is 1.91 bits per heavy atom. The largest absolute Gasteiger partial charge is 0.309 e. The Hall–Kier alpha value is -7.45. The Morgan fingerprint density at radius 2 is 1.19 bits per heavy atom. The average Bonchev–Trinajstić information content (AvgIpc) is 3.79. The zero-order valence-electron chi connectivity index (χ0n) is 28.6. The molecule has 0 aliphatic carbocycles. The van der Waals surface area contributed by atoms with Gasteiger partial charge in [0.15, 0.2) is 23.2 Å². The minimum Gasteiger partial charge on any atom is -0.309 e. The highest BCUT2D eigenvalue weighted by Crippen LogP contribution is 2.43. The summed E-state index contributed by atoms with van der Waals surface area (Å²) in [5.41, 5.74) is 8.53. The van der Waals surface area contributed by atoms with Gasteiger partial charge in [0, 0.05) is 42.2 Å². The molecule has 0 bridgehead atoms. The third kappa shape index (κ3) is 5.11. The number of nitriles is 1. The molecule has 0 aliphatic heterocycles. The predicted octanol–water partition coefficient (Wildman–Crippen LogP) is 12.4. The molecule has 6 nitrogen and oxygen atoms in total. The molecule has 0 fully saturated rings. The van der Waals surface area contributed by atoms with E-state index in [1.165, 1.54) is 20.2 Å². The van der Waals surface area contributed by atoms with Gasteiger partial charge in [0.05, 0.1) is 34.9 Å². The first-order chi connectivity index (χ1) is 26.7. The fraction of sp³-hybridized carbons (Fsp3) is 0. The van der Waals surface area contributed by atoms with Crippen LogP contribution in [0.5, 0.6) is 0 Å². The highest BCUT2D eigenvalue weighted by atomic mass is 32.1. The number of hydrogen-bond donors (Lipinski definition) is 0. The lowest BCUT2D eigenvalue weighted by Crippen LogP contribution is -2.04. The van der Waals surface area contributed by atoms with Crippen LogP contribution in [-0.4, -0.2) is 19.5 Å². The van der Waals surface area contributed by atoms with Crippen LogP contribution in [0.4, 0.5) is 5.69 Å². The van der Waals surface area contributed by atoms with E-state index in [1.807, 2.05) is 97.1 Å². The zero-order chi connectivity index (χ0) is 36.2. The van der Waals surface area contributed by atoms with Crippen LogP contribution in [0.25, 0.3) is 97.8 Å². The number of benzene rings is 7. The number of rotatable bonds is 5. The Labute approximate surface area is 314 Å². The molecule has 7 aromatic carbocycles. The van der Waals surface area contributed by atoms with E-state index in [0.29, 0.717) is 28.7 Å². The molecule has 0 amide bonds. The first kappa shape index (κ1) is 31.3. The minimum absolute atomic E-state index is 0.531. The van der Waals surface area contributed by atoms with Crippen molar-refractivity contribution in [3.05, 3.63) is 175 Å². The van der Waals surface area contributed by atoms with Crippen LogP contribution in [0.15, 0.2) is 158 Å². The van der Waals surface area contributed by atoms with Crippen molar-refractivity contribution in [3.63, 3.8) is 0 Å². The van der Waals surface area contributed by atoms with E-state index in [1.54, 1.807) is 11.3 Å². The molecule has 3 aromatic heterocycles. The van der Waals surface area contributed by atoms with Gasteiger partial charge >= 0.3 is 0 Å². The molecule has 0 saturated heterocycles. The first-order valence-electron chi connectivity index (χ1n) is 17.4. The zero-order valence-corrected chi connectivity index (χ0v) is 29.4. The van der Waals surface area contributed by atoms with Crippen molar-refractivity contribution in [1.29, 1.82) is 5.26 Å². The summed E-state index contributed by atoms with van der Waals surface area (Å²) in [7, 11) is 0. The molecule has 0 atom stereocenters. The normalized spacial score (nSPS) is 11.3. The third-order valence-corrected chi connectivity index (χ3v) is 11.0. The van der Waals surface area contributed by atoms with Gasteiger partial charge in [0.2, 0.25) is 0 Å². The van der Waals surface area contributed by atoms with Crippen molar-refractivity contribution < 1.29 is 0 Å². The van der Waals surface area contributed by atoms with Gasteiger partial charge in [-0.3, -0.25) is 0 Å². The summed E-state index contributed by atoms with van der Waals surface area (Å²) < 4.78 is 4.67. The predicted molar refractivity (Wildman–Crippen MR) is 220 cm³/mol. The first-order valence-corrected chi connectivity index (χ1v) is 18.3. The van der Waals surface area contributed by atoms with Gasteiger partial charge < -0.3 is 4.57 Å². The molecular formula is C47H26N6S. The molecule has 10 rings (SSSR count). The van der Waals surface area contributed by atoms with E-state index in [2.05, 4.69) is 76.1 Å². The maximum Gasteiger partial charge on any atom is 0.188 e.